The highest BCUT2D eigenvalue weighted by Gasteiger charge is 2.29. The minimum atomic E-state index is -0.564. The zero-order chi connectivity index (χ0) is 22.7. The summed E-state index contributed by atoms with van der Waals surface area (Å²) in [6, 6.07) is 4.62. The zero-order valence-electron chi connectivity index (χ0n) is 18.2. The molecule has 1 heterocycles. The van der Waals surface area contributed by atoms with Crippen LogP contribution in [0.25, 0.3) is 0 Å². The number of carbonyl (C=O) groups excluding carboxylic acids is 1. The normalized spacial score (nSPS) is 14.0. The van der Waals surface area contributed by atoms with Crippen LogP contribution in [0.5, 0.6) is 23.1 Å². The van der Waals surface area contributed by atoms with Crippen LogP contribution in [0, 0.1) is 18.3 Å². The van der Waals surface area contributed by atoms with Crippen molar-refractivity contribution in [3.8, 4) is 29.2 Å². The lowest BCUT2D eigenvalue weighted by Crippen LogP contribution is -2.31. The number of hydrogen-bond acceptors (Lipinski definition) is 7. The molecule has 2 aromatic rings. The summed E-state index contributed by atoms with van der Waals surface area (Å²) in [6.45, 7) is 1.50. The number of hydrogen-bond donors (Lipinski definition) is 1. The summed E-state index contributed by atoms with van der Waals surface area (Å²) in [5.74, 6) is -0.0678. The van der Waals surface area contributed by atoms with E-state index in [0.717, 1.165) is 19.3 Å². The lowest BCUT2D eigenvalue weighted by Gasteiger charge is -2.26. The van der Waals surface area contributed by atoms with Crippen LogP contribution < -0.4 is 19.8 Å². The molecule has 0 unspecified atom stereocenters. The van der Waals surface area contributed by atoms with Gasteiger partial charge in [-0.15, -0.1) is 0 Å². The van der Waals surface area contributed by atoms with E-state index in [1.165, 1.54) is 45.0 Å². The fourth-order valence-electron chi connectivity index (χ4n) is 4.23. The van der Waals surface area contributed by atoms with Gasteiger partial charge in [-0.05, 0) is 37.5 Å². The van der Waals surface area contributed by atoms with E-state index >= 15 is 0 Å². The summed E-state index contributed by atoms with van der Waals surface area (Å²) >= 11 is 0. The van der Waals surface area contributed by atoms with Crippen LogP contribution in [0.15, 0.2) is 16.9 Å². The van der Waals surface area contributed by atoms with E-state index in [2.05, 4.69) is 0 Å². The summed E-state index contributed by atoms with van der Waals surface area (Å²) < 4.78 is 17.2. The Morgan fingerprint density at radius 2 is 1.68 bits per heavy atom. The fourth-order valence-corrected chi connectivity index (χ4v) is 4.23. The van der Waals surface area contributed by atoms with Crippen molar-refractivity contribution < 1.29 is 24.1 Å². The molecule has 1 aromatic heterocycles. The molecule has 0 atom stereocenters. The highest BCUT2D eigenvalue weighted by molar-refractivity contribution is 6.12. The first kappa shape index (κ1) is 22.2. The third-order valence-corrected chi connectivity index (χ3v) is 5.84. The van der Waals surface area contributed by atoms with Crippen molar-refractivity contribution in [3.05, 3.63) is 44.7 Å². The molecule has 1 saturated carbocycles. The summed E-state index contributed by atoms with van der Waals surface area (Å²) in [6.07, 6.45) is 4.31. The maximum absolute atomic E-state index is 13.5. The standard InChI is InChI=1S/C23H26N2O6/c1-13-16(12-24)22(27)25(15-8-6-5-7-9-15)23(28)19(13)20(26)14-10-17(29-2)21(31-4)18(11-14)30-3/h10-11,15,28H,5-9H2,1-4H3. The first-order chi connectivity index (χ1) is 14.9. The highest BCUT2D eigenvalue weighted by atomic mass is 16.5. The van der Waals surface area contributed by atoms with Gasteiger partial charge in [0.1, 0.15) is 11.6 Å². The number of carbonyl (C=O) groups is 1. The largest absolute Gasteiger partial charge is 0.494 e. The van der Waals surface area contributed by atoms with Crippen molar-refractivity contribution >= 4 is 5.78 Å². The topological polar surface area (TPSA) is 111 Å². The SMILES string of the molecule is COc1cc(C(=O)c2c(C)c(C#N)c(=O)n(C3CCCCC3)c2O)cc(OC)c1OC. The van der Waals surface area contributed by atoms with Crippen LogP contribution >= 0.6 is 0 Å². The van der Waals surface area contributed by atoms with E-state index < -0.39 is 17.2 Å². The van der Waals surface area contributed by atoms with Crippen molar-refractivity contribution in [2.24, 2.45) is 0 Å². The van der Waals surface area contributed by atoms with Gasteiger partial charge >= 0.3 is 0 Å². The lowest BCUT2D eigenvalue weighted by atomic mass is 9.92. The van der Waals surface area contributed by atoms with E-state index in [9.17, 15) is 20.0 Å². The second-order valence-electron chi connectivity index (χ2n) is 7.52. The molecule has 164 valence electrons. The third-order valence-electron chi connectivity index (χ3n) is 5.84. The number of rotatable bonds is 6. The molecule has 0 bridgehead atoms. The van der Waals surface area contributed by atoms with Gasteiger partial charge in [0.15, 0.2) is 17.3 Å². The molecule has 1 aromatic carbocycles. The Kier molecular flexibility index (Phi) is 6.54. The number of aromatic nitrogens is 1. The first-order valence-corrected chi connectivity index (χ1v) is 10.1. The third kappa shape index (κ3) is 3.83. The molecule has 1 aliphatic rings. The molecule has 0 amide bonds. The smallest absolute Gasteiger partial charge is 0.271 e. The average Bonchev–Trinajstić information content (AvgIpc) is 2.78. The maximum Gasteiger partial charge on any atom is 0.271 e. The van der Waals surface area contributed by atoms with Gasteiger partial charge in [0.2, 0.25) is 11.6 Å². The van der Waals surface area contributed by atoms with E-state index in [0.29, 0.717) is 18.6 Å². The van der Waals surface area contributed by atoms with Crippen molar-refractivity contribution in [2.45, 2.75) is 45.1 Å². The summed E-state index contributed by atoms with van der Waals surface area (Å²) in [5, 5.41) is 20.7. The number of benzene rings is 1. The Bertz CT molecular complexity index is 1080. The van der Waals surface area contributed by atoms with Crippen molar-refractivity contribution in [1.29, 1.82) is 5.26 Å². The van der Waals surface area contributed by atoms with Crippen LogP contribution in [0.3, 0.4) is 0 Å². The number of ketones is 1. The van der Waals surface area contributed by atoms with Crippen LogP contribution in [0.1, 0.15) is 65.2 Å². The van der Waals surface area contributed by atoms with Gasteiger partial charge in [-0.3, -0.25) is 14.2 Å². The molecule has 8 nitrogen and oxygen atoms in total. The van der Waals surface area contributed by atoms with E-state index in [1.807, 2.05) is 6.07 Å². The zero-order valence-corrected chi connectivity index (χ0v) is 18.2. The van der Waals surface area contributed by atoms with Gasteiger partial charge in [0.25, 0.3) is 5.56 Å². The van der Waals surface area contributed by atoms with Crippen LogP contribution in [0.2, 0.25) is 0 Å². The Balaban J connectivity index is 2.24. The number of methoxy groups -OCH3 is 3. The Morgan fingerprint density at radius 1 is 1.10 bits per heavy atom. The lowest BCUT2D eigenvalue weighted by molar-refractivity contribution is 0.103. The molecule has 3 rings (SSSR count). The number of ether oxygens (including phenoxy) is 3. The molecule has 0 spiro atoms. The van der Waals surface area contributed by atoms with Crippen LogP contribution in [-0.2, 0) is 0 Å². The Labute approximate surface area is 180 Å². The fraction of sp³-hybridized carbons (Fsp3) is 0.435. The molecule has 1 aliphatic carbocycles. The number of aromatic hydroxyl groups is 1. The van der Waals surface area contributed by atoms with Gasteiger partial charge in [-0.1, -0.05) is 19.3 Å². The molecule has 0 radical (unpaired) electrons. The van der Waals surface area contributed by atoms with Crippen LogP contribution in [0.4, 0.5) is 0 Å². The molecule has 8 heteroatoms. The Hall–Kier alpha value is -3.47. The van der Waals surface area contributed by atoms with Gasteiger partial charge < -0.3 is 19.3 Å². The minimum absolute atomic E-state index is 0.0732. The second kappa shape index (κ2) is 9.13. The van der Waals surface area contributed by atoms with Crippen molar-refractivity contribution in [1.82, 2.24) is 4.57 Å². The van der Waals surface area contributed by atoms with E-state index in [-0.39, 0.29) is 39.8 Å². The van der Waals surface area contributed by atoms with E-state index in [4.69, 9.17) is 14.2 Å². The molecular formula is C23H26N2O6. The summed E-state index contributed by atoms with van der Waals surface area (Å²) in [7, 11) is 4.33. The quantitative estimate of drug-likeness (QED) is 0.704. The number of nitrogens with zero attached hydrogens (tertiary/aromatic N) is 2. The van der Waals surface area contributed by atoms with Crippen LogP contribution in [-0.4, -0.2) is 36.8 Å². The molecular weight excluding hydrogens is 400 g/mol. The molecule has 1 fully saturated rings. The highest BCUT2D eigenvalue weighted by Crippen LogP contribution is 2.40. The van der Waals surface area contributed by atoms with Gasteiger partial charge in [-0.25, -0.2) is 0 Å². The van der Waals surface area contributed by atoms with Gasteiger partial charge in [0, 0.05) is 11.6 Å². The maximum atomic E-state index is 13.5. The first-order valence-electron chi connectivity index (χ1n) is 10.1. The van der Waals surface area contributed by atoms with Crippen molar-refractivity contribution in [2.75, 3.05) is 21.3 Å². The predicted molar refractivity (Wildman–Crippen MR) is 113 cm³/mol. The Morgan fingerprint density at radius 3 is 2.16 bits per heavy atom. The van der Waals surface area contributed by atoms with Gasteiger partial charge in [-0.2, -0.15) is 5.26 Å². The molecule has 0 aliphatic heterocycles. The molecule has 1 N–H and O–H groups in total. The number of nitriles is 1. The second-order valence-corrected chi connectivity index (χ2v) is 7.52. The number of pyridine rings is 1. The summed E-state index contributed by atoms with van der Waals surface area (Å²) in [5.41, 5.74) is -0.456. The summed E-state index contributed by atoms with van der Waals surface area (Å²) in [4.78, 5) is 26.5. The van der Waals surface area contributed by atoms with Crippen molar-refractivity contribution in [3.63, 3.8) is 0 Å². The predicted octanol–water partition coefficient (Wildman–Crippen LogP) is 3.50. The minimum Gasteiger partial charge on any atom is -0.494 e. The van der Waals surface area contributed by atoms with Gasteiger partial charge in [0.05, 0.1) is 26.9 Å². The molecule has 0 saturated heterocycles. The van der Waals surface area contributed by atoms with E-state index in [1.54, 1.807) is 0 Å². The average molecular weight is 426 g/mol. The molecule has 31 heavy (non-hydrogen) atoms. The monoisotopic (exact) mass is 426 g/mol.